The van der Waals surface area contributed by atoms with Crippen LogP contribution >= 0.6 is 0 Å². The lowest BCUT2D eigenvalue weighted by atomic mass is 9.98. The van der Waals surface area contributed by atoms with Gasteiger partial charge in [0.2, 0.25) is 11.7 Å². The number of hydrogen-bond donors (Lipinski definition) is 0. The van der Waals surface area contributed by atoms with Crippen LogP contribution in [0.25, 0.3) is 23.0 Å². The number of alkyl halides is 3. The van der Waals surface area contributed by atoms with E-state index in [1.165, 1.54) is 12.1 Å². The number of likely N-dealkylation sites (tertiary alicyclic amines) is 1. The third-order valence-corrected chi connectivity index (χ3v) is 5.52. The predicted molar refractivity (Wildman–Crippen MR) is 116 cm³/mol. The van der Waals surface area contributed by atoms with E-state index in [1.807, 2.05) is 0 Å². The van der Waals surface area contributed by atoms with E-state index in [1.54, 1.807) is 34.7 Å². The van der Waals surface area contributed by atoms with Crippen molar-refractivity contribution in [2.45, 2.75) is 32.7 Å². The summed E-state index contributed by atoms with van der Waals surface area (Å²) in [5.41, 5.74) is 0.940. The molecular formula is C23H23F3N4O5. The van der Waals surface area contributed by atoms with E-state index < -0.39 is 6.36 Å². The van der Waals surface area contributed by atoms with Crippen molar-refractivity contribution in [3.05, 3.63) is 42.6 Å². The Labute approximate surface area is 198 Å². The molecule has 1 saturated heterocycles. The van der Waals surface area contributed by atoms with Gasteiger partial charge in [0.25, 0.3) is 5.89 Å². The first kappa shape index (κ1) is 24.3. The molecule has 1 aromatic carbocycles. The number of halogens is 3. The molecule has 1 aliphatic rings. The fourth-order valence-electron chi connectivity index (χ4n) is 3.90. The molecule has 0 saturated carbocycles. The minimum Gasteiger partial charge on any atom is -0.466 e. The van der Waals surface area contributed by atoms with Crippen molar-refractivity contribution >= 4 is 11.9 Å². The third-order valence-electron chi connectivity index (χ3n) is 5.52. The number of carbonyl (C=O) groups is 2. The summed E-state index contributed by atoms with van der Waals surface area (Å²) >= 11 is 0. The Morgan fingerprint density at radius 3 is 2.69 bits per heavy atom. The molecule has 9 nitrogen and oxygen atoms in total. The van der Waals surface area contributed by atoms with Gasteiger partial charge in [0.05, 0.1) is 12.5 Å². The predicted octanol–water partition coefficient (Wildman–Crippen LogP) is 3.91. The van der Waals surface area contributed by atoms with Crippen molar-refractivity contribution in [2.24, 2.45) is 5.92 Å². The van der Waals surface area contributed by atoms with Gasteiger partial charge < -0.3 is 23.5 Å². The molecule has 186 valence electrons. The van der Waals surface area contributed by atoms with Gasteiger partial charge in [-0.1, -0.05) is 5.16 Å². The molecule has 0 spiro atoms. The molecule has 3 aromatic rings. The Bertz CT molecular complexity index is 1170. The van der Waals surface area contributed by atoms with Crippen LogP contribution in [0.15, 0.2) is 47.1 Å². The number of carbonyl (C=O) groups excluding carboxylic acids is 2. The molecule has 1 atom stereocenters. The highest BCUT2D eigenvalue weighted by molar-refractivity contribution is 5.79. The van der Waals surface area contributed by atoms with Crippen LogP contribution in [0.2, 0.25) is 0 Å². The maximum Gasteiger partial charge on any atom is 0.573 e. The van der Waals surface area contributed by atoms with Gasteiger partial charge in [0.1, 0.15) is 18.0 Å². The first-order valence-corrected chi connectivity index (χ1v) is 11.0. The molecule has 3 heterocycles. The maximum absolute atomic E-state index is 12.9. The number of benzene rings is 1. The van der Waals surface area contributed by atoms with Crippen LogP contribution in [0.1, 0.15) is 19.8 Å². The number of ether oxygens (including phenoxy) is 2. The van der Waals surface area contributed by atoms with Gasteiger partial charge in [0.15, 0.2) is 0 Å². The summed E-state index contributed by atoms with van der Waals surface area (Å²) in [4.78, 5) is 31.0. The topological polar surface area (TPSA) is 99.7 Å². The fraction of sp³-hybridized carbons (Fsp3) is 0.391. The molecule has 1 amide bonds. The molecular weight excluding hydrogens is 469 g/mol. The number of rotatable bonds is 7. The van der Waals surface area contributed by atoms with E-state index in [0.717, 1.165) is 12.1 Å². The molecule has 0 aliphatic carbocycles. The average Bonchev–Trinajstić information content (AvgIpc) is 3.48. The van der Waals surface area contributed by atoms with Crippen molar-refractivity contribution in [2.75, 3.05) is 19.7 Å². The average molecular weight is 492 g/mol. The Kier molecular flexibility index (Phi) is 7.08. The third kappa shape index (κ3) is 6.00. The van der Waals surface area contributed by atoms with Crippen LogP contribution in [0.3, 0.4) is 0 Å². The summed E-state index contributed by atoms with van der Waals surface area (Å²) < 4.78 is 53.0. The molecule has 4 rings (SSSR count). The van der Waals surface area contributed by atoms with Gasteiger partial charge >= 0.3 is 12.3 Å². The second-order valence-electron chi connectivity index (χ2n) is 7.95. The Morgan fingerprint density at radius 1 is 1.20 bits per heavy atom. The summed E-state index contributed by atoms with van der Waals surface area (Å²) in [6, 6.07) is 8.52. The molecule has 0 radical (unpaired) electrons. The monoisotopic (exact) mass is 492 g/mol. The molecule has 0 N–H and O–H groups in total. The normalized spacial score (nSPS) is 16.2. The lowest BCUT2D eigenvalue weighted by molar-refractivity contribution is -0.274. The molecule has 0 bridgehead atoms. The molecule has 12 heteroatoms. The van der Waals surface area contributed by atoms with Gasteiger partial charge in [0, 0.05) is 24.8 Å². The second-order valence-corrected chi connectivity index (χ2v) is 7.95. The van der Waals surface area contributed by atoms with Crippen LogP contribution in [0.4, 0.5) is 13.2 Å². The lowest BCUT2D eigenvalue weighted by Crippen LogP contribution is -2.44. The minimum atomic E-state index is -4.78. The number of esters is 1. The number of amides is 1. The van der Waals surface area contributed by atoms with E-state index in [2.05, 4.69) is 14.9 Å². The van der Waals surface area contributed by atoms with Crippen LogP contribution in [0, 0.1) is 5.92 Å². The fourth-order valence-corrected chi connectivity index (χ4v) is 3.90. The lowest BCUT2D eigenvalue weighted by Gasteiger charge is -2.31. The van der Waals surface area contributed by atoms with Crippen molar-refractivity contribution in [3.63, 3.8) is 0 Å². The summed E-state index contributed by atoms with van der Waals surface area (Å²) in [5, 5.41) is 3.89. The van der Waals surface area contributed by atoms with Gasteiger partial charge in [-0.05, 0) is 56.2 Å². The van der Waals surface area contributed by atoms with E-state index in [4.69, 9.17) is 9.26 Å². The first-order valence-electron chi connectivity index (χ1n) is 11.0. The molecule has 35 heavy (non-hydrogen) atoms. The largest absolute Gasteiger partial charge is 0.573 e. The molecule has 2 aromatic heterocycles. The Hall–Kier alpha value is -3.83. The molecule has 1 aliphatic heterocycles. The van der Waals surface area contributed by atoms with Gasteiger partial charge in [-0.15, -0.1) is 13.2 Å². The van der Waals surface area contributed by atoms with Crippen LogP contribution in [-0.2, 0) is 20.9 Å². The van der Waals surface area contributed by atoms with Gasteiger partial charge in [-0.25, -0.2) is 0 Å². The highest BCUT2D eigenvalue weighted by atomic mass is 19.4. The van der Waals surface area contributed by atoms with Gasteiger partial charge in [-0.2, -0.15) is 4.98 Å². The summed E-state index contributed by atoms with van der Waals surface area (Å²) in [6.07, 6.45) is -1.68. The zero-order valence-corrected chi connectivity index (χ0v) is 18.8. The van der Waals surface area contributed by atoms with Crippen molar-refractivity contribution in [3.8, 4) is 28.7 Å². The van der Waals surface area contributed by atoms with Crippen LogP contribution in [-0.4, -0.2) is 57.5 Å². The maximum atomic E-state index is 12.9. The summed E-state index contributed by atoms with van der Waals surface area (Å²) in [5.74, 6) is -0.814. The highest BCUT2D eigenvalue weighted by Crippen LogP contribution is 2.27. The zero-order valence-electron chi connectivity index (χ0n) is 18.8. The Balaban J connectivity index is 1.43. The van der Waals surface area contributed by atoms with E-state index in [-0.39, 0.29) is 41.8 Å². The smallest absolute Gasteiger partial charge is 0.466 e. The number of nitrogens with zero attached hydrogens (tertiary/aromatic N) is 4. The Morgan fingerprint density at radius 2 is 1.97 bits per heavy atom. The van der Waals surface area contributed by atoms with Crippen LogP contribution < -0.4 is 4.74 Å². The van der Waals surface area contributed by atoms with E-state index >= 15 is 0 Å². The number of hydrogen-bond acceptors (Lipinski definition) is 7. The number of aromatic nitrogens is 3. The van der Waals surface area contributed by atoms with Crippen molar-refractivity contribution in [1.29, 1.82) is 0 Å². The standard InChI is InChI=1S/C23H23F3N4O5/c1-2-33-22(32)16-5-3-12-30(13-16)19(31)14-29-11-4-6-18(29)21-27-20(28-35-21)15-7-9-17(10-8-15)34-23(24,25)26/h4,6-11,16H,2-3,5,12-14H2,1H3/t16-/m1/s1. The van der Waals surface area contributed by atoms with Crippen LogP contribution in [0.5, 0.6) is 5.75 Å². The van der Waals surface area contributed by atoms with Crippen molar-refractivity contribution < 1.29 is 36.8 Å². The summed E-state index contributed by atoms with van der Waals surface area (Å²) in [6.45, 7) is 2.93. The van der Waals surface area contributed by atoms with Gasteiger partial charge in [-0.3, -0.25) is 9.59 Å². The minimum absolute atomic E-state index is 0.0130. The molecule has 0 unspecified atom stereocenters. The van der Waals surface area contributed by atoms with E-state index in [0.29, 0.717) is 43.8 Å². The first-order chi connectivity index (χ1) is 16.7. The highest BCUT2D eigenvalue weighted by Gasteiger charge is 2.31. The zero-order chi connectivity index (χ0) is 25.0. The van der Waals surface area contributed by atoms with E-state index in [9.17, 15) is 22.8 Å². The number of piperidine rings is 1. The summed E-state index contributed by atoms with van der Waals surface area (Å²) in [7, 11) is 0. The van der Waals surface area contributed by atoms with Crippen molar-refractivity contribution in [1.82, 2.24) is 19.6 Å². The molecule has 1 fully saturated rings. The SMILES string of the molecule is CCOC(=O)[C@@H]1CCCN(C(=O)Cn2cccc2-c2nc(-c3ccc(OC(F)(F)F)cc3)no2)C1. The second kappa shape index (κ2) is 10.2. The quantitative estimate of drug-likeness (QED) is 0.461.